The van der Waals surface area contributed by atoms with Gasteiger partial charge in [0.25, 0.3) is 0 Å². The quantitative estimate of drug-likeness (QED) is 0.100. The Hall–Kier alpha value is -4.99. The van der Waals surface area contributed by atoms with Gasteiger partial charge in [-0.05, 0) is 59.0 Å². The second kappa shape index (κ2) is 13.9. The average molecular weight is 692 g/mol. The molecular formula is C33H31F6N5O5. The molecule has 3 aromatic carbocycles. The first-order chi connectivity index (χ1) is 23.3. The van der Waals surface area contributed by atoms with Gasteiger partial charge in [-0.3, -0.25) is 9.47 Å². The summed E-state index contributed by atoms with van der Waals surface area (Å²) < 4.78 is 97.9. The van der Waals surface area contributed by atoms with Crippen molar-refractivity contribution in [1.82, 2.24) is 14.5 Å². The summed E-state index contributed by atoms with van der Waals surface area (Å²) in [6.45, 7) is 4.17. The van der Waals surface area contributed by atoms with Gasteiger partial charge in [0.2, 0.25) is 0 Å². The van der Waals surface area contributed by atoms with E-state index in [-0.39, 0.29) is 36.2 Å². The van der Waals surface area contributed by atoms with Gasteiger partial charge in [0.05, 0.1) is 11.1 Å². The van der Waals surface area contributed by atoms with Gasteiger partial charge in [-0.25, -0.2) is 0 Å². The van der Waals surface area contributed by atoms with Crippen molar-refractivity contribution in [2.75, 3.05) is 37.7 Å². The molecule has 1 fully saturated rings. The predicted molar refractivity (Wildman–Crippen MR) is 165 cm³/mol. The van der Waals surface area contributed by atoms with Gasteiger partial charge >= 0.3 is 24.2 Å². The number of aromatic nitrogens is 2. The minimum atomic E-state index is -4.96. The Balaban J connectivity index is 0.943. The summed E-state index contributed by atoms with van der Waals surface area (Å²) in [6, 6.07) is 16.4. The third kappa shape index (κ3) is 8.36. The molecule has 0 saturated carbocycles. The second-order valence-electron chi connectivity index (χ2n) is 11.7. The fourth-order valence-electron chi connectivity index (χ4n) is 5.70. The molecule has 4 aromatic rings. The molecule has 6 rings (SSSR count). The molecule has 2 aliphatic rings. The van der Waals surface area contributed by atoms with Crippen LogP contribution in [0.1, 0.15) is 28.7 Å². The van der Waals surface area contributed by atoms with Crippen LogP contribution in [0, 0.1) is 10.1 Å². The third-order valence-corrected chi connectivity index (χ3v) is 8.35. The molecule has 2 aliphatic heterocycles. The zero-order chi connectivity index (χ0) is 34.8. The highest BCUT2D eigenvalue weighted by atomic mass is 19.4. The molecule has 16 heteroatoms. The van der Waals surface area contributed by atoms with E-state index in [4.69, 9.17) is 14.2 Å². The van der Waals surface area contributed by atoms with Crippen molar-refractivity contribution < 1.29 is 45.5 Å². The summed E-state index contributed by atoms with van der Waals surface area (Å²) in [6.07, 6.45) is -8.12. The first kappa shape index (κ1) is 33.9. The molecule has 0 bridgehead atoms. The summed E-state index contributed by atoms with van der Waals surface area (Å²) in [7, 11) is 0. The highest BCUT2D eigenvalue weighted by Gasteiger charge is 2.38. The highest BCUT2D eigenvalue weighted by Crippen LogP contribution is 2.38. The van der Waals surface area contributed by atoms with Crippen molar-refractivity contribution in [2.45, 2.75) is 44.6 Å². The van der Waals surface area contributed by atoms with Gasteiger partial charge < -0.3 is 29.2 Å². The summed E-state index contributed by atoms with van der Waals surface area (Å²) >= 11 is 0. The van der Waals surface area contributed by atoms with Crippen LogP contribution < -0.4 is 19.1 Å². The normalized spacial score (nSPS) is 16.9. The SMILES string of the molecule is O=[N+]([O-])c1cn2c(n1)O[C@H](COc1ccc(N3CCN(Cc4ccc(OCc5ccc(C(F)(F)F)cc5C(F)(F)F)cc4)CC3)cc1)CC2. The zero-order valence-corrected chi connectivity index (χ0v) is 25.9. The van der Waals surface area contributed by atoms with Crippen LogP contribution in [-0.2, 0) is 32.0 Å². The number of aryl methyl sites for hydroxylation is 1. The molecule has 0 spiro atoms. The molecule has 0 amide bonds. The number of alkyl halides is 6. The second-order valence-corrected chi connectivity index (χ2v) is 11.7. The smallest absolute Gasteiger partial charge is 0.416 e. The number of ether oxygens (including phenoxy) is 3. The lowest BCUT2D eigenvalue weighted by Gasteiger charge is -2.36. The maximum atomic E-state index is 13.4. The number of benzene rings is 3. The number of anilines is 1. The van der Waals surface area contributed by atoms with Gasteiger partial charge in [0.1, 0.15) is 37.0 Å². The topological polar surface area (TPSA) is 95.1 Å². The van der Waals surface area contributed by atoms with E-state index in [0.29, 0.717) is 37.1 Å². The molecule has 3 heterocycles. The van der Waals surface area contributed by atoms with Crippen LogP contribution in [0.15, 0.2) is 72.9 Å². The highest BCUT2D eigenvalue weighted by molar-refractivity contribution is 5.49. The number of rotatable bonds is 10. The molecule has 10 nitrogen and oxygen atoms in total. The minimum Gasteiger partial charge on any atom is -0.490 e. The monoisotopic (exact) mass is 691 g/mol. The number of halogens is 6. The van der Waals surface area contributed by atoms with Crippen LogP contribution in [0.5, 0.6) is 17.5 Å². The van der Waals surface area contributed by atoms with E-state index in [1.54, 1.807) is 16.7 Å². The molecule has 0 radical (unpaired) electrons. The third-order valence-electron chi connectivity index (χ3n) is 8.35. The van der Waals surface area contributed by atoms with Crippen LogP contribution in [0.25, 0.3) is 0 Å². The number of nitro groups is 1. The van der Waals surface area contributed by atoms with E-state index in [9.17, 15) is 36.5 Å². The molecule has 0 unspecified atom stereocenters. The fourth-order valence-corrected chi connectivity index (χ4v) is 5.70. The number of hydrogen-bond acceptors (Lipinski definition) is 8. The molecule has 49 heavy (non-hydrogen) atoms. The summed E-state index contributed by atoms with van der Waals surface area (Å²) in [5.41, 5.74) is -1.09. The lowest BCUT2D eigenvalue weighted by atomic mass is 10.0. The van der Waals surface area contributed by atoms with Gasteiger partial charge in [-0.1, -0.05) is 18.2 Å². The first-order valence-electron chi connectivity index (χ1n) is 15.4. The molecule has 1 saturated heterocycles. The van der Waals surface area contributed by atoms with Crippen LogP contribution in [-0.4, -0.2) is 58.3 Å². The van der Waals surface area contributed by atoms with E-state index in [1.807, 2.05) is 36.4 Å². The van der Waals surface area contributed by atoms with Gasteiger partial charge in [-0.2, -0.15) is 26.3 Å². The van der Waals surface area contributed by atoms with Crippen molar-refractivity contribution in [3.8, 4) is 17.5 Å². The molecule has 0 aliphatic carbocycles. The van der Waals surface area contributed by atoms with E-state index in [0.717, 1.165) is 43.5 Å². The van der Waals surface area contributed by atoms with E-state index in [1.165, 1.54) is 6.20 Å². The van der Waals surface area contributed by atoms with Crippen molar-refractivity contribution in [2.24, 2.45) is 0 Å². The van der Waals surface area contributed by atoms with E-state index in [2.05, 4.69) is 14.8 Å². The van der Waals surface area contributed by atoms with Crippen LogP contribution in [0.3, 0.4) is 0 Å². The lowest BCUT2D eigenvalue weighted by molar-refractivity contribution is -0.389. The fraction of sp³-hybridized carbons (Fsp3) is 0.364. The van der Waals surface area contributed by atoms with Gasteiger partial charge in [0, 0.05) is 61.9 Å². The summed E-state index contributed by atoms with van der Waals surface area (Å²) in [5.74, 6) is 0.736. The Kier molecular flexibility index (Phi) is 9.59. The maximum Gasteiger partial charge on any atom is 0.416 e. The molecule has 1 aromatic heterocycles. The average Bonchev–Trinajstić information content (AvgIpc) is 3.51. The Morgan fingerprint density at radius 1 is 0.857 bits per heavy atom. The number of nitrogens with zero attached hydrogens (tertiary/aromatic N) is 5. The van der Waals surface area contributed by atoms with E-state index < -0.39 is 35.0 Å². The number of imidazole rings is 1. The number of piperazine rings is 1. The van der Waals surface area contributed by atoms with Gasteiger partial charge in [0.15, 0.2) is 0 Å². The molecule has 1 atom stereocenters. The molecule has 260 valence electrons. The Labute approximate surface area is 276 Å². The molecular weight excluding hydrogens is 660 g/mol. The first-order valence-corrected chi connectivity index (χ1v) is 15.4. The Morgan fingerprint density at radius 3 is 2.18 bits per heavy atom. The van der Waals surface area contributed by atoms with Crippen molar-refractivity contribution in [1.29, 1.82) is 0 Å². The van der Waals surface area contributed by atoms with Crippen LogP contribution in [0.4, 0.5) is 37.8 Å². The summed E-state index contributed by atoms with van der Waals surface area (Å²) in [5, 5.41) is 11.0. The van der Waals surface area contributed by atoms with Crippen LogP contribution in [0.2, 0.25) is 0 Å². The Bertz CT molecular complexity index is 1750. The summed E-state index contributed by atoms with van der Waals surface area (Å²) in [4.78, 5) is 18.9. The van der Waals surface area contributed by atoms with Crippen molar-refractivity contribution in [3.05, 3.63) is 105 Å². The molecule has 0 N–H and O–H groups in total. The number of fused-ring (bicyclic) bond motifs is 1. The van der Waals surface area contributed by atoms with E-state index >= 15 is 0 Å². The lowest BCUT2D eigenvalue weighted by Crippen LogP contribution is -2.45. The number of hydrogen-bond donors (Lipinski definition) is 0. The Morgan fingerprint density at radius 2 is 1.53 bits per heavy atom. The van der Waals surface area contributed by atoms with Crippen LogP contribution >= 0.6 is 0 Å². The van der Waals surface area contributed by atoms with Crippen molar-refractivity contribution in [3.63, 3.8) is 0 Å². The predicted octanol–water partition coefficient (Wildman–Crippen LogP) is 6.96. The minimum absolute atomic E-state index is 0.109. The largest absolute Gasteiger partial charge is 0.490 e. The maximum absolute atomic E-state index is 13.4. The van der Waals surface area contributed by atoms with Crippen molar-refractivity contribution >= 4 is 11.5 Å². The zero-order valence-electron chi connectivity index (χ0n) is 25.9. The standard InChI is InChI=1S/C33H31F6N5O5/c34-32(35,36)24-4-3-23(29(17-24)33(37,38)39)20-47-26-7-1-22(2-8-26)18-41-13-15-42(16-14-41)25-5-9-27(10-6-25)48-21-28-11-12-43-19-30(44(45)46)40-31(43)49-28/h1-10,17,19,28H,11-16,18,20-21H2/t28-/m0/s1. The van der Waals surface area contributed by atoms with Gasteiger partial charge in [-0.15, -0.1) is 0 Å².